The van der Waals surface area contributed by atoms with Crippen molar-refractivity contribution in [2.75, 3.05) is 24.2 Å². The molecule has 76 valence electrons. The lowest BCUT2D eigenvalue weighted by Crippen LogP contribution is -2.17. The molecule has 0 unspecified atom stereocenters. The molecule has 0 aromatic heterocycles. The summed E-state index contributed by atoms with van der Waals surface area (Å²) in [4.78, 5) is 2.48. The van der Waals surface area contributed by atoms with Crippen LogP contribution in [0.4, 0.5) is 5.69 Å². The molecule has 0 saturated carbocycles. The molecular formula is C12H17NS. The second-order valence-electron chi connectivity index (χ2n) is 3.79. The first-order chi connectivity index (χ1) is 6.90. The molecule has 0 bridgehead atoms. The summed E-state index contributed by atoms with van der Waals surface area (Å²) >= 11 is 1.88. The van der Waals surface area contributed by atoms with Crippen molar-refractivity contribution in [3.05, 3.63) is 29.8 Å². The maximum Gasteiger partial charge on any atom is 0.0366 e. The van der Waals surface area contributed by atoms with Gasteiger partial charge in [0.25, 0.3) is 0 Å². The van der Waals surface area contributed by atoms with Gasteiger partial charge in [-0.1, -0.05) is 12.1 Å². The SMILES string of the molecule is CSCc1ccc(N2CCCC2)cc1. The first kappa shape index (κ1) is 9.91. The van der Waals surface area contributed by atoms with Crippen molar-refractivity contribution in [2.24, 2.45) is 0 Å². The Morgan fingerprint density at radius 2 is 1.79 bits per heavy atom. The van der Waals surface area contributed by atoms with Crippen molar-refractivity contribution in [2.45, 2.75) is 18.6 Å². The first-order valence-corrected chi connectivity index (χ1v) is 6.62. The van der Waals surface area contributed by atoms with Gasteiger partial charge < -0.3 is 4.90 Å². The molecule has 1 fully saturated rings. The third-order valence-electron chi connectivity index (χ3n) is 2.72. The molecule has 1 aromatic rings. The van der Waals surface area contributed by atoms with Crippen LogP contribution < -0.4 is 4.90 Å². The minimum absolute atomic E-state index is 1.13. The van der Waals surface area contributed by atoms with E-state index in [4.69, 9.17) is 0 Å². The normalized spacial score (nSPS) is 16.2. The fraction of sp³-hybridized carbons (Fsp3) is 0.500. The summed E-state index contributed by atoms with van der Waals surface area (Å²) < 4.78 is 0. The van der Waals surface area contributed by atoms with Crippen LogP contribution in [-0.2, 0) is 5.75 Å². The van der Waals surface area contributed by atoms with Gasteiger partial charge in [-0.2, -0.15) is 11.8 Å². The van der Waals surface area contributed by atoms with E-state index < -0.39 is 0 Å². The van der Waals surface area contributed by atoms with E-state index in [1.54, 1.807) is 0 Å². The maximum atomic E-state index is 2.48. The zero-order valence-electron chi connectivity index (χ0n) is 8.70. The highest BCUT2D eigenvalue weighted by Gasteiger charge is 2.11. The van der Waals surface area contributed by atoms with E-state index in [0.717, 1.165) is 5.75 Å². The summed E-state index contributed by atoms with van der Waals surface area (Å²) in [6.07, 6.45) is 4.85. The molecule has 14 heavy (non-hydrogen) atoms. The van der Waals surface area contributed by atoms with Crippen molar-refractivity contribution in [3.63, 3.8) is 0 Å². The predicted molar refractivity (Wildman–Crippen MR) is 65.1 cm³/mol. The van der Waals surface area contributed by atoms with Crippen LogP contribution in [0.1, 0.15) is 18.4 Å². The molecule has 0 atom stereocenters. The second-order valence-corrected chi connectivity index (χ2v) is 4.66. The highest BCUT2D eigenvalue weighted by atomic mass is 32.2. The average Bonchev–Trinajstić information content (AvgIpc) is 2.72. The Labute approximate surface area is 90.5 Å². The Hall–Kier alpha value is -0.630. The van der Waals surface area contributed by atoms with E-state index in [1.165, 1.54) is 37.2 Å². The number of thioether (sulfide) groups is 1. The largest absolute Gasteiger partial charge is 0.372 e. The molecule has 2 heteroatoms. The molecule has 1 aliphatic heterocycles. The van der Waals surface area contributed by atoms with Gasteiger partial charge in [-0.25, -0.2) is 0 Å². The number of hydrogen-bond donors (Lipinski definition) is 0. The van der Waals surface area contributed by atoms with Gasteiger partial charge >= 0.3 is 0 Å². The molecule has 0 spiro atoms. The highest BCUT2D eigenvalue weighted by molar-refractivity contribution is 7.97. The van der Waals surface area contributed by atoms with Gasteiger partial charge in [-0.15, -0.1) is 0 Å². The van der Waals surface area contributed by atoms with Gasteiger partial charge in [0.1, 0.15) is 0 Å². The number of benzene rings is 1. The number of nitrogens with zero attached hydrogens (tertiary/aromatic N) is 1. The van der Waals surface area contributed by atoms with E-state index in [0.29, 0.717) is 0 Å². The van der Waals surface area contributed by atoms with Gasteiger partial charge in [-0.05, 0) is 36.8 Å². The van der Waals surface area contributed by atoms with Crippen molar-refractivity contribution < 1.29 is 0 Å². The lowest BCUT2D eigenvalue weighted by atomic mass is 10.2. The van der Waals surface area contributed by atoms with E-state index in [1.807, 2.05) is 11.8 Å². The van der Waals surface area contributed by atoms with E-state index in [2.05, 4.69) is 35.4 Å². The van der Waals surface area contributed by atoms with Crippen LogP contribution in [0.2, 0.25) is 0 Å². The van der Waals surface area contributed by atoms with Crippen LogP contribution in [0.25, 0.3) is 0 Å². The first-order valence-electron chi connectivity index (χ1n) is 5.23. The zero-order valence-corrected chi connectivity index (χ0v) is 9.52. The Kier molecular flexibility index (Phi) is 3.35. The Bertz CT molecular complexity index is 275. The van der Waals surface area contributed by atoms with Crippen LogP contribution in [-0.4, -0.2) is 19.3 Å². The summed E-state index contributed by atoms with van der Waals surface area (Å²) in [7, 11) is 0. The summed E-state index contributed by atoms with van der Waals surface area (Å²) in [6, 6.07) is 9.03. The quantitative estimate of drug-likeness (QED) is 0.749. The van der Waals surface area contributed by atoms with Gasteiger partial charge in [0.2, 0.25) is 0 Å². The van der Waals surface area contributed by atoms with Crippen LogP contribution in [0.3, 0.4) is 0 Å². The van der Waals surface area contributed by atoms with Crippen molar-refractivity contribution in [3.8, 4) is 0 Å². The van der Waals surface area contributed by atoms with Crippen LogP contribution in [0.5, 0.6) is 0 Å². The van der Waals surface area contributed by atoms with E-state index in [9.17, 15) is 0 Å². The van der Waals surface area contributed by atoms with Crippen molar-refractivity contribution in [1.29, 1.82) is 0 Å². The lowest BCUT2D eigenvalue weighted by Gasteiger charge is -2.17. The molecule has 1 aliphatic rings. The smallest absolute Gasteiger partial charge is 0.0366 e. The third kappa shape index (κ3) is 2.24. The Morgan fingerprint density at radius 1 is 1.14 bits per heavy atom. The minimum Gasteiger partial charge on any atom is -0.372 e. The summed E-state index contributed by atoms with van der Waals surface area (Å²) in [5.41, 5.74) is 2.83. The molecule has 1 heterocycles. The van der Waals surface area contributed by atoms with Crippen LogP contribution in [0.15, 0.2) is 24.3 Å². The Morgan fingerprint density at radius 3 is 2.36 bits per heavy atom. The third-order valence-corrected chi connectivity index (χ3v) is 3.34. The van der Waals surface area contributed by atoms with Crippen LogP contribution in [0, 0.1) is 0 Å². The van der Waals surface area contributed by atoms with E-state index >= 15 is 0 Å². The van der Waals surface area contributed by atoms with E-state index in [-0.39, 0.29) is 0 Å². The Balaban J connectivity index is 2.05. The van der Waals surface area contributed by atoms with Crippen molar-refractivity contribution in [1.82, 2.24) is 0 Å². The maximum absolute atomic E-state index is 2.48. The van der Waals surface area contributed by atoms with Crippen LogP contribution >= 0.6 is 11.8 Å². The van der Waals surface area contributed by atoms with Crippen molar-refractivity contribution >= 4 is 17.4 Å². The van der Waals surface area contributed by atoms with Gasteiger partial charge in [0.15, 0.2) is 0 Å². The molecule has 1 saturated heterocycles. The summed E-state index contributed by atoms with van der Waals surface area (Å²) in [6.45, 7) is 2.48. The molecule has 0 radical (unpaired) electrons. The van der Waals surface area contributed by atoms with Gasteiger partial charge in [-0.3, -0.25) is 0 Å². The molecular weight excluding hydrogens is 190 g/mol. The molecule has 1 aromatic carbocycles. The zero-order chi connectivity index (χ0) is 9.80. The van der Waals surface area contributed by atoms with Gasteiger partial charge in [0.05, 0.1) is 0 Å². The minimum atomic E-state index is 1.13. The monoisotopic (exact) mass is 207 g/mol. The number of anilines is 1. The fourth-order valence-corrected chi connectivity index (χ4v) is 2.47. The number of rotatable bonds is 3. The molecule has 1 nitrogen and oxygen atoms in total. The molecule has 2 rings (SSSR count). The fourth-order valence-electron chi connectivity index (χ4n) is 1.94. The molecule has 0 amide bonds. The second kappa shape index (κ2) is 4.74. The topological polar surface area (TPSA) is 3.24 Å². The molecule has 0 aliphatic carbocycles. The molecule has 0 N–H and O–H groups in total. The average molecular weight is 207 g/mol. The summed E-state index contributed by atoms with van der Waals surface area (Å²) in [5, 5.41) is 0. The number of hydrogen-bond acceptors (Lipinski definition) is 2. The lowest BCUT2D eigenvalue weighted by molar-refractivity contribution is 0.949. The van der Waals surface area contributed by atoms with Gasteiger partial charge in [0, 0.05) is 24.5 Å². The summed E-state index contributed by atoms with van der Waals surface area (Å²) in [5.74, 6) is 1.13. The standard InChI is InChI=1S/C12H17NS/c1-14-10-11-4-6-12(7-5-11)13-8-2-3-9-13/h4-7H,2-3,8-10H2,1H3. The highest BCUT2D eigenvalue weighted by Crippen LogP contribution is 2.21. The predicted octanol–water partition coefficient (Wildman–Crippen LogP) is 3.15.